The first-order valence-electron chi connectivity index (χ1n) is 2.59. The van der Waals surface area contributed by atoms with Crippen LogP contribution in [0.2, 0.25) is 0 Å². The summed E-state index contributed by atoms with van der Waals surface area (Å²) in [6, 6.07) is 0. The summed E-state index contributed by atoms with van der Waals surface area (Å²) >= 11 is 10.2. The van der Waals surface area contributed by atoms with Crippen LogP contribution in [0.15, 0.2) is 12.7 Å². The first kappa shape index (κ1) is 36.6. The van der Waals surface area contributed by atoms with Gasteiger partial charge in [-0.05, 0) is 6.92 Å². The van der Waals surface area contributed by atoms with Gasteiger partial charge < -0.3 is 16.1 Å². The minimum absolute atomic E-state index is 0. The van der Waals surface area contributed by atoms with Gasteiger partial charge in [-0.25, -0.2) is 0 Å². The maximum absolute atomic E-state index is 8.23. The Morgan fingerprint density at radius 1 is 1.38 bits per heavy atom. The van der Waals surface area contributed by atoms with Crippen LogP contribution >= 0.6 is 23.2 Å². The Bertz CT molecular complexity index is 67.1. The van der Waals surface area contributed by atoms with Crippen molar-refractivity contribution in [2.75, 3.05) is 11.8 Å². The predicted octanol–water partition coefficient (Wildman–Crippen LogP) is -1.87. The van der Waals surface area contributed by atoms with Gasteiger partial charge in [0.25, 0.3) is 0 Å². The molecule has 1 atom stereocenters. The summed E-state index contributed by atoms with van der Waals surface area (Å²) in [5.74, 6) is 0.889. The van der Waals surface area contributed by atoms with Crippen LogP contribution in [0.4, 0.5) is 0 Å². The number of aliphatic hydroxyl groups excluding tert-OH is 1. The van der Waals surface area contributed by atoms with Crippen molar-refractivity contribution in [3.05, 3.63) is 12.7 Å². The number of allylic oxidation sites excluding steroid dienone is 1. The number of hydrogen-bond acceptors (Lipinski definition) is 3. The number of hydrogen-bond donors (Lipinski definition) is 1. The molecule has 0 amide bonds. The van der Waals surface area contributed by atoms with Gasteiger partial charge in [0.2, 0.25) is 0 Å². The molecule has 0 aliphatic carbocycles. The molecule has 3 N–H and O–H groups in total. The molecule has 0 heterocycles. The third kappa shape index (κ3) is 88.3. The van der Waals surface area contributed by atoms with E-state index >= 15 is 0 Å². The summed E-state index contributed by atoms with van der Waals surface area (Å²) < 4.78 is 0. The topological polar surface area (TPSA) is 80.2 Å². The smallest absolute Gasteiger partial charge is 0.870 e. The van der Waals surface area contributed by atoms with Crippen molar-refractivity contribution in [2.24, 2.45) is 0 Å². The van der Waals surface area contributed by atoms with E-state index in [4.69, 9.17) is 28.3 Å². The van der Waals surface area contributed by atoms with Gasteiger partial charge in [0.15, 0.2) is 0 Å². The summed E-state index contributed by atoms with van der Waals surface area (Å²) in [6.45, 7) is 4.99. The van der Waals surface area contributed by atoms with E-state index in [-0.39, 0.29) is 59.0 Å². The molecule has 13 heavy (non-hydrogen) atoms. The number of alkyl halides is 2. The molecule has 0 rings (SSSR count). The van der Waals surface area contributed by atoms with Crippen molar-refractivity contribution in [1.82, 2.24) is 0 Å². The fraction of sp³-hybridized carbons (Fsp3) is 0.667. The van der Waals surface area contributed by atoms with Gasteiger partial charge in [-0.15, -0.1) is 29.8 Å². The molecule has 0 aromatic heterocycles. The molecule has 0 radical (unpaired) electrons. The molecule has 0 aromatic carbocycles. The van der Waals surface area contributed by atoms with Crippen LogP contribution in [0.5, 0.6) is 0 Å². The molecule has 0 saturated carbocycles. The molecule has 0 spiro atoms. The van der Waals surface area contributed by atoms with Crippen LogP contribution in [0, 0.1) is 12.4 Å². The van der Waals surface area contributed by atoms with E-state index in [9.17, 15) is 0 Å². The molecule has 3 nitrogen and oxygen atoms in total. The number of rotatable bonds is 2. The minimum Gasteiger partial charge on any atom is -0.870 e. The van der Waals surface area contributed by atoms with Crippen LogP contribution < -0.4 is 29.6 Å². The number of aliphatic hydroxyl groups is 1. The van der Waals surface area contributed by atoms with Gasteiger partial charge in [-0.3, -0.25) is 0 Å². The first-order valence-corrected chi connectivity index (χ1v) is 3.66. The normalized spacial score (nSPS) is 7.69. The summed E-state index contributed by atoms with van der Waals surface area (Å²) in [5, 5.41) is 8.23. The van der Waals surface area contributed by atoms with Crippen molar-refractivity contribution >= 4 is 23.2 Å². The standard InChI is InChI=1S/C3H7ClO.C3H5Cl.ClH2.Na.2H2O/c1-3(5)2-4;1-2-3-4;;;;/h3,5H,2H2,1H3;2H,1,3H2;1H2;;2*1H2/q;;2*+1;;/p-2. The molecule has 0 aliphatic heterocycles. The summed E-state index contributed by atoms with van der Waals surface area (Å²) in [4.78, 5) is 0. The zero-order chi connectivity index (χ0) is 7.70. The van der Waals surface area contributed by atoms with E-state index in [0.29, 0.717) is 11.8 Å². The fourth-order valence-corrected chi connectivity index (χ4v) is 0. The summed E-state index contributed by atoms with van der Waals surface area (Å²) in [5.41, 5.74) is 0. The molecule has 80 valence electrons. The van der Waals surface area contributed by atoms with Gasteiger partial charge in [-0.2, -0.15) is 0 Å². The van der Waals surface area contributed by atoms with Crippen molar-refractivity contribution < 1.29 is 58.0 Å². The average molecular weight is 266 g/mol. The monoisotopic (exact) mass is 264 g/mol. The molecule has 1 unspecified atom stereocenters. The zero-order valence-electron chi connectivity index (χ0n) is 7.82. The predicted molar refractivity (Wildman–Crippen MR) is 50.0 cm³/mol. The van der Waals surface area contributed by atoms with E-state index in [1.165, 1.54) is 0 Å². The molecule has 0 saturated heterocycles. The third-order valence-electron chi connectivity index (χ3n) is 0.332. The molecular weight excluding hydrogens is 249 g/mol. The molecule has 0 aromatic rings. The van der Waals surface area contributed by atoms with Gasteiger partial charge in [-0.1, -0.05) is 6.08 Å². The van der Waals surface area contributed by atoms with E-state index in [2.05, 4.69) is 6.58 Å². The Balaban J connectivity index is -0.0000000146. The van der Waals surface area contributed by atoms with Crippen LogP contribution in [0.1, 0.15) is 6.92 Å². The van der Waals surface area contributed by atoms with Crippen molar-refractivity contribution in [3.63, 3.8) is 0 Å². The molecule has 0 aliphatic rings. The fourth-order valence-electron chi connectivity index (χ4n) is 0. The second-order valence-corrected chi connectivity index (χ2v) is 2.06. The average Bonchev–Trinajstić information content (AvgIpc) is 1.89. The molecule has 7 heteroatoms. The first-order chi connectivity index (χ1) is 4.18. The Hall–Kier alpha value is 1.49. The largest absolute Gasteiger partial charge is 1.00 e. The Morgan fingerprint density at radius 3 is 1.54 bits per heavy atom. The van der Waals surface area contributed by atoms with Gasteiger partial charge in [0.1, 0.15) is 0 Å². The zero-order valence-corrected chi connectivity index (χ0v) is 12.2. The number of halogens is 3. The van der Waals surface area contributed by atoms with E-state index < -0.39 is 0 Å². The Morgan fingerprint density at radius 2 is 1.54 bits per heavy atom. The van der Waals surface area contributed by atoms with Gasteiger partial charge >= 0.3 is 29.6 Å². The van der Waals surface area contributed by atoms with Crippen LogP contribution in [0.25, 0.3) is 0 Å². The van der Waals surface area contributed by atoms with E-state index in [1.54, 1.807) is 13.0 Å². The van der Waals surface area contributed by atoms with Crippen LogP contribution in [-0.2, 0) is 0 Å². The second kappa shape index (κ2) is 37.5. The summed E-state index contributed by atoms with van der Waals surface area (Å²) in [7, 11) is 0. The van der Waals surface area contributed by atoms with Crippen molar-refractivity contribution in [2.45, 2.75) is 13.0 Å². The molecule has 0 bridgehead atoms. The molecular formula is C6H16Cl3NaO3. The quantitative estimate of drug-likeness (QED) is 0.361. The van der Waals surface area contributed by atoms with Crippen LogP contribution in [0.3, 0.4) is 0 Å². The maximum atomic E-state index is 8.23. The molecule has 0 fully saturated rings. The van der Waals surface area contributed by atoms with Gasteiger partial charge in [0.05, 0.1) is 18.5 Å². The second-order valence-electron chi connectivity index (χ2n) is 1.45. The van der Waals surface area contributed by atoms with E-state index in [0.717, 1.165) is 0 Å². The SMILES string of the molecule is C=CCCl.CC(O)CCl.[ClH2+].[Na+].[OH-].[OH-]. The third-order valence-corrected chi connectivity index (χ3v) is 0.997. The Labute approximate surface area is 118 Å². The van der Waals surface area contributed by atoms with Crippen molar-refractivity contribution in [3.8, 4) is 0 Å². The van der Waals surface area contributed by atoms with E-state index in [1.807, 2.05) is 0 Å². The van der Waals surface area contributed by atoms with Crippen molar-refractivity contribution in [1.29, 1.82) is 0 Å². The van der Waals surface area contributed by atoms with Gasteiger partial charge in [0, 0.05) is 11.8 Å². The Kier molecular flexibility index (Phi) is 106. The summed E-state index contributed by atoms with van der Waals surface area (Å²) in [6.07, 6.45) is 1.29. The maximum Gasteiger partial charge on any atom is 1.00 e. The van der Waals surface area contributed by atoms with Crippen LogP contribution in [-0.4, -0.2) is 33.9 Å². The minimum atomic E-state index is -0.350.